The molecule has 0 radical (unpaired) electrons. The lowest BCUT2D eigenvalue weighted by molar-refractivity contribution is -0.145. The Kier molecular flexibility index (Phi) is 3.43. The highest BCUT2D eigenvalue weighted by molar-refractivity contribution is 5.99. The molecule has 1 atom stereocenters. The third-order valence-corrected chi connectivity index (χ3v) is 3.62. The van der Waals surface area contributed by atoms with Gasteiger partial charge in [0.15, 0.2) is 0 Å². The van der Waals surface area contributed by atoms with E-state index in [4.69, 9.17) is 4.74 Å². The number of carbonyl (C=O) groups excluding carboxylic acids is 2. The predicted octanol–water partition coefficient (Wildman–Crippen LogP) is 1.40. The molecular weight excluding hydrogens is 270 g/mol. The molecule has 1 aromatic heterocycles. The van der Waals surface area contributed by atoms with Gasteiger partial charge in [-0.3, -0.25) is 9.59 Å². The highest BCUT2D eigenvalue weighted by Gasteiger charge is 2.35. The molecular formula is C15H15N3O3. The van der Waals surface area contributed by atoms with Crippen LogP contribution < -0.4 is 4.90 Å². The second-order valence-corrected chi connectivity index (χ2v) is 4.91. The maximum Gasteiger partial charge on any atom is 0.311 e. The molecule has 1 aromatic carbocycles. The van der Waals surface area contributed by atoms with Gasteiger partial charge in [-0.25, -0.2) is 4.98 Å². The molecule has 1 saturated heterocycles. The van der Waals surface area contributed by atoms with Crippen LogP contribution in [-0.2, 0) is 14.3 Å². The number of esters is 1. The number of rotatable bonds is 3. The molecule has 1 fully saturated rings. The quantitative estimate of drug-likeness (QED) is 0.800. The van der Waals surface area contributed by atoms with Gasteiger partial charge in [0.25, 0.3) is 0 Å². The number of amides is 1. The minimum atomic E-state index is -0.379. The molecule has 2 aromatic rings. The van der Waals surface area contributed by atoms with Crippen LogP contribution in [0.4, 0.5) is 5.69 Å². The van der Waals surface area contributed by atoms with Crippen LogP contribution in [0.1, 0.15) is 6.42 Å². The second-order valence-electron chi connectivity index (χ2n) is 4.91. The summed E-state index contributed by atoms with van der Waals surface area (Å²) in [5.41, 5.74) is 1.75. The predicted molar refractivity (Wildman–Crippen MR) is 76.0 cm³/mol. The van der Waals surface area contributed by atoms with Crippen LogP contribution in [-0.4, -0.2) is 35.1 Å². The molecule has 0 bridgehead atoms. The average Bonchev–Trinajstić information content (AvgIpc) is 3.16. The van der Waals surface area contributed by atoms with Crippen LogP contribution in [0, 0.1) is 5.92 Å². The molecule has 0 N–H and O–H groups in total. The first-order valence-electron chi connectivity index (χ1n) is 6.65. The number of carbonyl (C=O) groups is 2. The van der Waals surface area contributed by atoms with Crippen LogP contribution in [0.15, 0.2) is 43.0 Å². The van der Waals surface area contributed by atoms with Crippen molar-refractivity contribution in [3.8, 4) is 5.69 Å². The van der Waals surface area contributed by atoms with E-state index in [1.165, 1.54) is 7.11 Å². The largest absolute Gasteiger partial charge is 0.469 e. The van der Waals surface area contributed by atoms with Gasteiger partial charge >= 0.3 is 5.97 Å². The molecule has 0 spiro atoms. The Bertz CT molecular complexity index is 649. The van der Waals surface area contributed by atoms with Crippen molar-refractivity contribution >= 4 is 17.6 Å². The Hall–Kier alpha value is -2.63. The van der Waals surface area contributed by atoms with Crippen molar-refractivity contribution in [3.05, 3.63) is 43.0 Å². The van der Waals surface area contributed by atoms with E-state index in [0.29, 0.717) is 6.54 Å². The van der Waals surface area contributed by atoms with Crippen LogP contribution in [0.3, 0.4) is 0 Å². The van der Waals surface area contributed by atoms with E-state index in [0.717, 1.165) is 11.4 Å². The number of aromatic nitrogens is 2. The van der Waals surface area contributed by atoms with E-state index >= 15 is 0 Å². The number of nitrogens with zero attached hydrogens (tertiary/aromatic N) is 3. The number of benzene rings is 1. The molecule has 2 heterocycles. The van der Waals surface area contributed by atoms with E-state index in [1.54, 1.807) is 17.4 Å². The monoisotopic (exact) mass is 285 g/mol. The minimum Gasteiger partial charge on any atom is -0.469 e. The molecule has 1 amide bonds. The van der Waals surface area contributed by atoms with Gasteiger partial charge < -0.3 is 14.2 Å². The Morgan fingerprint density at radius 1 is 1.29 bits per heavy atom. The van der Waals surface area contributed by atoms with E-state index in [9.17, 15) is 9.59 Å². The van der Waals surface area contributed by atoms with Gasteiger partial charge in [-0.05, 0) is 24.3 Å². The van der Waals surface area contributed by atoms with Crippen molar-refractivity contribution in [2.45, 2.75) is 6.42 Å². The topological polar surface area (TPSA) is 64.4 Å². The summed E-state index contributed by atoms with van der Waals surface area (Å²) in [6.07, 6.45) is 5.47. The first-order valence-corrected chi connectivity index (χ1v) is 6.65. The van der Waals surface area contributed by atoms with Crippen molar-refractivity contribution in [1.82, 2.24) is 9.55 Å². The molecule has 6 heteroatoms. The third kappa shape index (κ3) is 2.52. The van der Waals surface area contributed by atoms with Crippen LogP contribution in [0.5, 0.6) is 0 Å². The lowest BCUT2D eigenvalue weighted by atomic mass is 10.1. The Morgan fingerprint density at radius 2 is 2.00 bits per heavy atom. The Morgan fingerprint density at radius 3 is 2.62 bits per heavy atom. The summed E-state index contributed by atoms with van der Waals surface area (Å²) >= 11 is 0. The zero-order valence-electron chi connectivity index (χ0n) is 11.6. The highest BCUT2D eigenvalue weighted by Crippen LogP contribution is 2.26. The molecule has 108 valence electrons. The Labute approximate surface area is 122 Å². The third-order valence-electron chi connectivity index (χ3n) is 3.62. The number of anilines is 1. The fourth-order valence-corrected chi connectivity index (χ4v) is 2.50. The summed E-state index contributed by atoms with van der Waals surface area (Å²) in [5.74, 6) is -0.766. The normalized spacial score (nSPS) is 18.0. The SMILES string of the molecule is COC(=O)C1CC(=O)N(c2ccc(-n3ccnc3)cc2)C1. The highest BCUT2D eigenvalue weighted by atomic mass is 16.5. The van der Waals surface area contributed by atoms with Gasteiger partial charge in [-0.15, -0.1) is 0 Å². The van der Waals surface area contributed by atoms with Gasteiger partial charge in [-0.2, -0.15) is 0 Å². The zero-order chi connectivity index (χ0) is 14.8. The molecule has 0 saturated carbocycles. The lowest BCUT2D eigenvalue weighted by Gasteiger charge is -2.16. The maximum atomic E-state index is 12.0. The first-order chi connectivity index (χ1) is 10.2. The standard InChI is InChI=1S/C15H15N3O3/c1-21-15(20)11-8-14(19)18(9-11)13-4-2-12(3-5-13)17-7-6-16-10-17/h2-7,10-11H,8-9H2,1H3. The summed E-state index contributed by atoms with van der Waals surface area (Å²) in [6.45, 7) is 0.371. The van der Waals surface area contributed by atoms with Crippen molar-refractivity contribution < 1.29 is 14.3 Å². The molecule has 3 rings (SSSR count). The van der Waals surface area contributed by atoms with Crippen LogP contribution in [0.25, 0.3) is 5.69 Å². The molecule has 1 aliphatic rings. The lowest BCUT2D eigenvalue weighted by Crippen LogP contribution is -2.26. The number of hydrogen-bond acceptors (Lipinski definition) is 4. The first kappa shape index (κ1) is 13.4. The van der Waals surface area contributed by atoms with Crippen molar-refractivity contribution in [3.63, 3.8) is 0 Å². The summed E-state index contributed by atoms with van der Waals surface area (Å²) in [7, 11) is 1.34. The zero-order valence-corrected chi connectivity index (χ0v) is 11.6. The van der Waals surface area contributed by atoms with Gasteiger partial charge in [0.05, 0.1) is 19.4 Å². The molecule has 1 aliphatic heterocycles. The van der Waals surface area contributed by atoms with Gasteiger partial charge in [0, 0.05) is 36.7 Å². The second kappa shape index (κ2) is 5.40. The summed E-state index contributed by atoms with van der Waals surface area (Å²) in [4.78, 5) is 29.2. The van der Waals surface area contributed by atoms with E-state index in [-0.39, 0.29) is 24.2 Å². The smallest absolute Gasteiger partial charge is 0.311 e. The van der Waals surface area contributed by atoms with Gasteiger partial charge in [0.1, 0.15) is 0 Å². The summed E-state index contributed by atoms with van der Waals surface area (Å²) < 4.78 is 6.59. The van der Waals surface area contributed by atoms with Crippen molar-refractivity contribution in [1.29, 1.82) is 0 Å². The number of hydrogen-bond donors (Lipinski definition) is 0. The minimum absolute atomic E-state index is 0.0548. The molecule has 0 aliphatic carbocycles. The number of ether oxygens (including phenoxy) is 1. The van der Waals surface area contributed by atoms with Gasteiger partial charge in [0.2, 0.25) is 5.91 Å². The van der Waals surface area contributed by atoms with Gasteiger partial charge in [-0.1, -0.05) is 0 Å². The molecule has 6 nitrogen and oxygen atoms in total. The molecule has 21 heavy (non-hydrogen) atoms. The van der Waals surface area contributed by atoms with Crippen molar-refractivity contribution in [2.24, 2.45) is 5.92 Å². The fraction of sp³-hybridized carbons (Fsp3) is 0.267. The summed E-state index contributed by atoms with van der Waals surface area (Å²) in [6, 6.07) is 7.56. The molecule has 1 unspecified atom stereocenters. The van der Waals surface area contributed by atoms with E-state index in [1.807, 2.05) is 35.0 Å². The maximum absolute atomic E-state index is 12.0. The number of imidazole rings is 1. The average molecular weight is 285 g/mol. The summed E-state index contributed by atoms with van der Waals surface area (Å²) in [5, 5.41) is 0. The fourth-order valence-electron chi connectivity index (χ4n) is 2.50. The van der Waals surface area contributed by atoms with E-state index in [2.05, 4.69) is 4.98 Å². The van der Waals surface area contributed by atoms with E-state index < -0.39 is 0 Å². The van der Waals surface area contributed by atoms with Crippen molar-refractivity contribution in [2.75, 3.05) is 18.6 Å². The van der Waals surface area contributed by atoms with Crippen LogP contribution >= 0.6 is 0 Å². The Balaban J connectivity index is 1.78. The number of methoxy groups -OCH3 is 1. The van der Waals surface area contributed by atoms with Crippen LogP contribution in [0.2, 0.25) is 0 Å².